The SMILES string of the molecule is Cc1cc(C)n(CCNC(=O)c2ccnc(OC3CCOC3)c2)n1. The van der Waals surface area contributed by atoms with E-state index in [1.54, 1.807) is 18.3 Å². The lowest BCUT2D eigenvalue weighted by Gasteiger charge is -2.11. The van der Waals surface area contributed by atoms with E-state index in [-0.39, 0.29) is 12.0 Å². The zero-order chi connectivity index (χ0) is 16.9. The first-order chi connectivity index (χ1) is 11.6. The molecule has 0 aromatic carbocycles. The molecule has 2 aromatic heterocycles. The normalized spacial score (nSPS) is 17.0. The lowest BCUT2D eigenvalue weighted by atomic mass is 10.2. The van der Waals surface area contributed by atoms with Gasteiger partial charge >= 0.3 is 0 Å². The fraction of sp³-hybridized carbons (Fsp3) is 0.471. The van der Waals surface area contributed by atoms with E-state index in [0.717, 1.165) is 17.8 Å². The molecule has 1 aliphatic heterocycles. The molecule has 1 atom stereocenters. The van der Waals surface area contributed by atoms with Crippen LogP contribution < -0.4 is 10.1 Å². The molecule has 0 aliphatic carbocycles. The number of nitrogens with zero attached hydrogens (tertiary/aromatic N) is 3. The van der Waals surface area contributed by atoms with Crippen molar-refractivity contribution in [3.05, 3.63) is 41.3 Å². The van der Waals surface area contributed by atoms with Crippen LogP contribution in [0.5, 0.6) is 5.88 Å². The Morgan fingerprint density at radius 3 is 3.04 bits per heavy atom. The molecule has 3 heterocycles. The molecule has 1 amide bonds. The van der Waals surface area contributed by atoms with Gasteiger partial charge in [-0.3, -0.25) is 9.48 Å². The van der Waals surface area contributed by atoms with Crippen LogP contribution in [0.2, 0.25) is 0 Å². The van der Waals surface area contributed by atoms with Gasteiger partial charge in [0.2, 0.25) is 5.88 Å². The van der Waals surface area contributed by atoms with Gasteiger partial charge in [0, 0.05) is 36.5 Å². The fourth-order valence-electron chi connectivity index (χ4n) is 2.67. The number of rotatable bonds is 6. The summed E-state index contributed by atoms with van der Waals surface area (Å²) in [6.07, 6.45) is 2.45. The second kappa shape index (κ2) is 7.44. The van der Waals surface area contributed by atoms with Crippen molar-refractivity contribution in [2.45, 2.75) is 32.9 Å². The predicted octanol–water partition coefficient (Wildman–Crippen LogP) is 1.49. The van der Waals surface area contributed by atoms with Crippen LogP contribution in [0.1, 0.15) is 28.2 Å². The second-order valence-electron chi connectivity index (χ2n) is 5.89. The summed E-state index contributed by atoms with van der Waals surface area (Å²) < 4.78 is 12.9. The number of pyridine rings is 1. The van der Waals surface area contributed by atoms with E-state index >= 15 is 0 Å². The Kier molecular flexibility index (Phi) is 5.10. The zero-order valence-corrected chi connectivity index (χ0v) is 14.0. The summed E-state index contributed by atoms with van der Waals surface area (Å²) >= 11 is 0. The standard InChI is InChI=1S/C17H22N4O3/c1-12-9-13(2)21(20-12)7-6-19-17(22)14-3-5-18-16(10-14)24-15-4-8-23-11-15/h3,5,9-10,15H,4,6-8,11H2,1-2H3,(H,19,22). The zero-order valence-electron chi connectivity index (χ0n) is 14.0. The van der Waals surface area contributed by atoms with E-state index in [1.807, 2.05) is 24.6 Å². The fourth-order valence-corrected chi connectivity index (χ4v) is 2.67. The molecule has 1 fully saturated rings. The molecule has 1 N–H and O–H groups in total. The van der Waals surface area contributed by atoms with Crippen LogP contribution >= 0.6 is 0 Å². The van der Waals surface area contributed by atoms with Gasteiger partial charge in [-0.15, -0.1) is 0 Å². The van der Waals surface area contributed by atoms with Gasteiger partial charge in [0.05, 0.1) is 25.5 Å². The molecule has 0 spiro atoms. The minimum Gasteiger partial charge on any atom is -0.472 e. The van der Waals surface area contributed by atoms with Crippen molar-refractivity contribution in [1.29, 1.82) is 0 Å². The number of ether oxygens (including phenoxy) is 2. The third-order valence-electron chi connectivity index (χ3n) is 3.88. The summed E-state index contributed by atoms with van der Waals surface area (Å²) in [6.45, 7) is 6.38. The maximum absolute atomic E-state index is 12.3. The van der Waals surface area contributed by atoms with Crippen molar-refractivity contribution in [2.75, 3.05) is 19.8 Å². The Bertz CT molecular complexity index is 708. The van der Waals surface area contributed by atoms with E-state index < -0.39 is 0 Å². The molecule has 128 valence electrons. The quantitative estimate of drug-likeness (QED) is 0.868. The highest BCUT2D eigenvalue weighted by molar-refractivity contribution is 5.94. The lowest BCUT2D eigenvalue weighted by Crippen LogP contribution is -2.28. The van der Waals surface area contributed by atoms with E-state index in [9.17, 15) is 4.79 Å². The number of hydrogen-bond donors (Lipinski definition) is 1. The van der Waals surface area contributed by atoms with Crippen LogP contribution in [0.3, 0.4) is 0 Å². The number of carbonyl (C=O) groups is 1. The van der Waals surface area contributed by atoms with Gasteiger partial charge in [0.25, 0.3) is 5.91 Å². The molecule has 2 aromatic rings. The van der Waals surface area contributed by atoms with Gasteiger partial charge in [0.15, 0.2) is 0 Å². The van der Waals surface area contributed by atoms with Crippen LogP contribution in [-0.4, -0.2) is 46.5 Å². The van der Waals surface area contributed by atoms with Gasteiger partial charge in [-0.2, -0.15) is 5.10 Å². The van der Waals surface area contributed by atoms with Crippen molar-refractivity contribution in [3.8, 4) is 5.88 Å². The average Bonchev–Trinajstić information content (AvgIpc) is 3.17. The van der Waals surface area contributed by atoms with Gasteiger partial charge < -0.3 is 14.8 Å². The van der Waals surface area contributed by atoms with Crippen molar-refractivity contribution in [1.82, 2.24) is 20.1 Å². The third kappa shape index (κ3) is 4.11. The molecule has 7 nitrogen and oxygen atoms in total. The molecule has 24 heavy (non-hydrogen) atoms. The van der Waals surface area contributed by atoms with Gasteiger partial charge in [-0.05, 0) is 26.0 Å². The summed E-state index contributed by atoms with van der Waals surface area (Å²) in [7, 11) is 0. The minimum absolute atomic E-state index is 0.0156. The summed E-state index contributed by atoms with van der Waals surface area (Å²) in [5.41, 5.74) is 2.60. The smallest absolute Gasteiger partial charge is 0.251 e. The summed E-state index contributed by atoms with van der Waals surface area (Å²) in [5.74, 6) is 0.308. The van der Waals surface area contributed by atoms with Crippen molar-refractivity contribution in [3.63, 3.8) is 0 Å². The molecular formula is C17H22N4O3. The Morgan fingerprint density at radius 2 is 2.33 bits per heavy atom. The highest BCUT2D eigenvalue weighted by atomic mass is 16.5. The largest absolute Gasteiger partial charge is 0.472 e. The monoisotopic (exact) mass is 330 g/mol. The second-order valence-corrected chi connectivity index (χ2v) is 5.89. The minimum atomic E-state index is -0.147. The summed E-state index contributed by atoms with van der Waals surface area (Å²) in [6, 6.07) is 5.36. The van der Waals surface area contributed by atoms with Crippen molar-refractivity contribution >= 4 is 5.91 Å². The average molecular weight is 330 g/mol. The van der Waals surface area contributed by atoms with Crippen LogP contribution in [0.25, 0.3) is 0 Å². The first kappa shape index (κ1) is 16.4. The number of nitrogens with one attached hydrogen (secondary N) is 1. The molecule has 1 unspecified atom stereocenters. The number of amides is 1. The Labute approximate surface area is 141 Å². The van der Waals surface area contributed by atoms with Gasteiger partial charge in [-0.25, -0.2) is 4.98 Å². The van der Waals surface area contributed by atoms with E-state index in [1.165, 1.54) is 0 Å². The molecule has 0 saturated carbocycles. The Morgan fingerprint density at radius 1 is 1.46 bits per heavy atom. The van der Waals surface area contributed by atoms with E-state index in [0.29, 0.717) is 37.7 Å². The van der Waals surface area contributed by atoms with Crippen LogP contribution in [0, 0.1) is 13.8 Å². The number of aromatic nitrogens is 3. The third-order valence-corrected chi connectivity index (χ3v) is 3.88. The first-order valence-electron chi connectivity index (χ1n) is 8.11. The first-order valence-corrected chi connectivity index (χ1v) is 8.11. The lowest BCUT2D eigenvalue weighted by molar-refractivity contribution is 0.0950. The molecular weight excluding hydrogens is 308 g/mol. The molecule has 0 radical (unpaired) electrons. The topological polar surface area (TPSA) is 78.3 Å². The summed E-state index contributed by atoms with van der Waals surface area (Å²) in [4.78, 5) is 16.4. The Balaban J connectivity index is 1.53. The summed E-state index contributed by atoms with van der Waals surface area (Å²) in [5, 5.41) is 7.27. The van der Waals surface area contributed by atoms with E-state index in [4.69, 9.17) is 9.47 Å². The molecule has 0 bridgehead atoms. The van der Waals surface area contributed by atoms with Gasteiger partial charge in [0.1, 0.15) is 6.10 Å². The van der Waals surface area contributed by atoms with Gasteiger partial charge in [-0.1, -0.05) is 0 Å². The number of carbonyl (C=O) groups excluding carboxylic acids is 1. The molecule has 7 heteroatoms. The highest BCUT2D eigenvalue weighted by Crippen LogP contribution is 2.15. The predicted molar refractivity (Wildman–Crippen MR) is 88.1 cm³/mol. The number of hydrogen-bond acceptors (Lipinski definition) is 5. The van der Waals surface area contributed by atoms with Crippen LogP contribution in [0.15, 0.2) is 24.4 Å². The maximum Gasteiger partial charge on any atom is 0.251 e. The maximum atomic E-state index is 12.3. The van der Waals surface area contributed by atoms with Crippen LogP contribution in [0.4, 0.5) is 0 Å². The van der Waals surface area contributed by atoms with E-state index in [2.05, 4.69) is 15.4 Å². The van der Waals surface area contributed by atoms with Crippen LogP contribution in [-0.2, 0) is 11.3 Å². The molecule has 3 rings (SSSR count). The highest BCUT2D eigenvalue weighted by Gasteiger charge is 2.18. The molecule has 1 aliphatic rings. The van der Waals surface area contributed by atoms with Crippen molar-refractivity contribution in [2.24, 2.45) is 0 Å². The Hall–Kier alpha value is -2.41. The van der Waals surface area contributed by atoms with Crippen molar-refractivity contribution < 1.29 is 14.3 Å². The molecule has 1 saturated heterocycles. The number of aryl methyl sites for hydroxylation is 2.